The van der Waals surface area contributed by atoms with Crippen LogP contribution in [0.15, 0.2) is 164 Å². The fourth-order valence-electron chi connectivity index (χ4n) is 3.63. The molecule has 1 radical (unpaired) electrons. The quantitative estimate of drug-likeness (QED) is 0.106. The Morgan fingerprint density at radius 2 is 0.447 bits per heavy atom. The van der Waals surface area contributed by atoms with Crippen molar-refractivity contribution in [2.24, 2.45) is 0 Å². The van der Waals surface area contributed by atoms with Crippen LogP contribution in [-0.2, 0) is 40.8 Å². The zero-order chi connectivity index (χ0) is 34.7. The molecule has 0 aromatic heterocycles. The number of hydrogen-bond donors (Lipinski definition) is 0. The summed E-state index contributed by atoms with van der Waals surface area (Å²) in [5, 5.41) is 0. The summed E-state index contributed by atoms with van der Waals surface area (Å²) in [7, 11) is 1.17. The number of hydrogen-bond acceptors (Lipinski definition) is 5. The van der Waals surface area contributed by atoms with Crippen molar-refractivity contribution >= 4 is 36.3 Å². The van der Waals surface area contributed by atoms with Crippen LogP contribution in [0.25, 0.3) is 33.4 Å². The minimum absolute atomic E-state index is 0. The van der Waals surface area contributed by atoms with Gasteiger partial charge >= 0.3 is 26.2 Å². The topological polar surface area (TPSA) is 85.3 Å². The zero-order valence-electron chi connectivity index (χ0n) is 25.9. The normalized spacial score (nSPS) is 7.83. The Morgan fingerprint density at radius 3 is 0.617 bits per heavy atom. The predicted octanol–water partition coefficient (Wildman–Crippen LogP) is 8.93. The first-order valence-corrected chi connectivity index (χ1v) is 13.8. The van der Waals surface area contributed by atoms with E-state index in [1.54, 1.807) is 0 Å². The van der Waals surface area contributed by atoms with E-state index >= 15 is 0 Å². The third kappa shape index (κ3) is 20.3. The Hall–Kier alpha value is -5.38. The molecule has 0 N–H and O–H groups in total. The SMILES string of the molecule is C=O.C=O.C=O.C=O.O=[PH2+].[Fe+3].[c-]1ccc(-c2ccccc2)cc1.[c-]1ccc(-c2ccccc2)cc1.[c-]1ccc(-c2ccccc2)cc1. The maximum atomic E-state index is 8.17. The van der Waals surface area contributed by atoms with Crippen LogP contribution < -0.4 is 0 Å². The van der Waals surface area contributed by atoms with Crippen LogP contribution in [0.3, 0.4) is 0 Å². The number of rotatable bonds is 3. The van der Waals surface area contributed by atoms with Crippen molar-refractivity contribution in [3.8, 4) is 33.4 Å². The van der Waals surface area contributed by atoms with Gasteiger partial charge in [-0.1, -0.05) is 95.6 Å². The van der Waals surface area contributed by atoms with Gasteiger partial charge in [-0.15, -0.1) is 16.7 Å². The average molecular weight is 685 g/mol. The van der Waals surface area contributed by atoms with E-state index in [9.17, 15) is 0 Å². The van der Waals surface area contributed by atoms with Crippen LogP contribution in [0, 0.1) is 18.2 Å². The third-order valence-corrected chi connectivity index (χ3v) is 5.48. The van der Waals surface area contributed by atoms with E-state index < -0.39 is 0 Å². The van der Waals surface area contributed by atoms with Gasteiger partial charge in [0.25, 0.3) is 0 Å². The fourth-order valence-corrected chi connectivity index (χ4v) is 3.63. The molecule has 7 heteroatoms. The number of benzene rings is 6. The van der Waals surface area contributed by atoms with Crippen LogP contribution >= 0.6 is 9.12 Å². The summed E-state index contributed by atoms with van der Waals surface area (Å²) in [6.45, 7) is 8.00. The molecule has 6 aromatic rings. The largest absolute Gasteiger partial charge is 3.00 e. The molecule has 47 heavy (non-hydrogen) atoms. The van der Waals surface area contributed by atoms with E-state index in [1.165, 1.54) is 42.5 Å². The first-order chi connectivity index (χ1) is 22.9. The van der Waals surface area contributed by atoms with E-state index in [0.717, 1.165) is 0 Å². The van der Waals surface area contributed by atoms with Crippen molar-refractivity contribution in [1.29, 1.82) is 0 Å². The molecule has 1 unspecified atom stereocenters. The molecule has 6 aromatic carbocycles. The Labute approximate surface area is 291 Å². The number of carbonyl (C=O) groups is 4. The Kier molecular flexibility index (Phi) is 34.4. The van der Waals surface area contributed by atoms with Crippen LogP contribution in [-0.4, -0.2) is 27.2 Å². The molecular formula is C40H37FeO5P+. The van der Waals surface area contributed by atoms with E-state index in [4.69, 9.17) is 23.7 Å². The van der Waals surface area contributed by atoms with Crippen molar-refractivity contribution in [3.63, 3.8) is 0 Å². The Morgan fingerprint density at radius 1 is 0.298 bits per heavy atom. The molecule has 0 saturated heterocycles. The van der Waals surface area contributed by atoms with Gasteiger partial charge in [0.15, 0.2) is 0 Å². The van der Waals surface area contributed by atoms with Gasteiger partial charge in [-0.2, -0.15) is 91.0 Å². The van der Waals surface area contributed by atoms with Gasteiger partial charge in [-0.3, -0.25) is 0 Å². The summed E-state index contributed by atoms with van der Waals surface area (Å²) >= 11 is 0. The van der Waals surface area contributed by atoms with Gasteiger partial charge in [0, 0.05) is 0 Å². The minimum atomic E-state index is 0. The van der Waals surface area contributed by atoms with Crippen LogP contribution in [0.2, 0.25) is 0 Å². The Bertz CT molecular complexity index is 1180. The summed E-state index contributed by atoms with van der Waals surface area (Å²) in [5.74, 6) is 0. The maximum Gasteiger partial charge on any atom is 3.00 e. The Balaban J connectivity index is -0.000000539. The summed E-state index contributed by atoms with van der Waals surface area (Å²) in [4.78, 5) is 32.0. The van der Waals surface area contributed by atoms with E-state index in [1.807, 2.05) is 118 Å². The van der Waals surface area contributed by atoms with Gasteiger partial charge in [0.1, 0.15) is 27.2 Å². The minimum Gasteiger partial charge on any atom is -0.307 e. The molecule has 0 fully saturated rings. The first kappa shape index (κ1) is 46.0. The molecule has 0 spiro atoms. The van der Waals surface area contributed by atoms with Gasteiger partial charge in [0.05, 0.1) is 0 Å². The monoisotopic (exact) mass is 684 g/mol. The molecular weight excluding hydrogens is 647 g/mol. The molecule has 0 bridgehead atoms. The van der Waals surface area contributed by atoms with Crippen LogP contribution in [0.4, 0.5) is 0 Å². The molecule has 0 amide bonds. The molecule has 0 aliphatic carbocycles. The predicted molar refractivity (Wildman–Crippen MR) is 191 cm³/mol. The summed E-state index contributed by atoms with van der Waals surface area (Å²) in [6.07, 6.45) is 0. The molecule has 0 aliphatic heterocycles. The third-order valence-electron chi connectivity index (χ3n) is 5.48. The fraction of sp³-hybridized carbons (Fsp3) is 0. The second-order valence-corrected chi connectivity index (χ2v) is 7.96. The van der Waals surface area contributed by atoms with Gasteiger partial charge in [0.2, 0.25) is 0 Å². The second kappa shape index (κ2) is 35.1. The molecule has 6 rings (SSSR count). The van der Waals surface area contributed by atoms with E-state index in [0.29, 0.717) is 0 Å². The van der Waals surface area contributed by atoms with E-state index in [-0.39, 0.29) is 17.1 Å². The van der Waals surface area contributed by atoms with Crippen molar-refractivity contribution in [3.05, 3.63) is 182 Å². The van der Waals surface area contributed by atoms with Crippen molar-refractivity contribution in [1.82, 2.24) is 0 Å². The van der Waals surface area contributed by atoms with Gasteiger partial charge in [-0.05, 0) is 16.7 Å². The van der Waals surface area contributed by atoms with E-state index in [2.05, 4.69) is 91.0 Å². The molecule has 5 nitrogen and oxygen atoms in total. The van der Waals surface area contributed by atoms with Crippen molar-refractivity contribution < 1.29 is 40.8 Å². The zero-order valence-corrected chi connectivity index (χ0v) is 28.1. The molecule has 239 valence electrons. The van der Waals surface area contributed by atoms with Crippen LogP contribution in [0.5, 0.6) is 0 Å². The first-order valence-electron chi connectivity index (χ1n) is 13.3. The molecule has 0 saturated carbocycles. The van der Waals surface area contributed by atoms with Crippen LogP contribution in [0.1, 0.15) is 0 Å². The van der Waals surface area contributed by atoms with Gasteiger partial charge in [-0.25, -0.2) is 0 Å². The summed E-state index contributed by atoms with van der Waals surface area (Å²) in [5.41, 5.74) is 7.50. The molecule has 0 aliphatic rings. The molecule has 1 atom stereocenters. The van der Waals surface area contributed by atoms with Crippen molar-refractivity contribution in [2.45, 2.75) is 0 Å². The summed E-state index contributed by atoms with van der Waals surface area (Å²) in [6, 6.07) is 64.0. The maximum absolute atomic E-state index is 8.17. The average Bonchev–Trinajstić information content (AvgIpc) is 3.21. The molecule has 0 heterocycles. The van der Waals surface area contributed by atoms with Gasteiger partial charge < -0.3 is 19.2 Å². The number of carbonyl (C=O) groups excluding carboxylic acids is 4. The standard InChI is InChI=1S/3C12H9.4CH2O.Fe.H2OP/c3*1-3-7-11(8-4-1)12-9-5-2-6-10-12;4*1-2;;1-2/h3*1,3-10H;4*1H2;;2H2/q3*-1;;;;;+3;+1. The smallest absolute Gasteiger partial charge is 0.307 e. The second-order valence-electron chi connectivity index (χ2n) is 7.96. The summed E-state index contributed by atoms with van der Waals surface area (Å²) < 4.78 is 8.17. The van der Waals surface area contributed by atoms with Crippen molar-refractivity contribution in [2.75, 3.05) is 0 Å².